The summed E-state index contributed by atoms with van der Waals surface area (Å²) in [5.74, 6) is 1.77. The first-order valence-electron chi connectivity index (χ1n) is 7.63. The third-order valence-corrected chi connectivity index (χ3v) is 4.68. The summed E-state index contributed by atoms with van der Waals surface area (Å²) in [5, 5.41) is 5.79. The fourth-order valence-electron chi connectivity index (χ4n) is 2.47. The van der Waals surface area contributed by atoms with Gasteiger partial charge in [0.05, 0.1) is 5.69 Å². The second-order valence-electron chi connectivity index (χ2n) is 5.59. The summed E-state index contributed by atoms with van der Waals surface area (Å²) in [4.78, 5) is 13.3. The molecule has 0 atom stereocenters. The zero-order chi connectivity index (χ0) is 17.4. The van der Waals surface area contributed by atoms with Crippen molar-refractivity contribution in [2.45, 2.75) is 24.8 Å². The van der Waals surface area contributed by atoms with Gasteiger partial charge in [0, 0.05) is 27.7 Å². The second-order valence-corrected chi connectivity index (χ2v) is 6.97. The lowest BCUT2D eigenvalue weighted by molar-refractivity contribution is 0.573. The molecular weight excluding hydrogens is 358 g/mol. The van der Waals surface area contributed by atoms with E-state index in [0.29, 0.717) is 27.6 Å². The van der Waals surface area contributed by atoms with Crippen LogP contribution in [0.4, 0.5) is 0 Å². The lowest BCUT2D eigenvalue weighted by Gasteiger charge is -1.97. The van der Waals surface area contributed by atoms with Crippen LogP contribution in [0.3, 0.4) is 0 Å². The van der Waals surface area contributed by atoms with Crippen molar-refractivity contribution in [1.82, 2.24) is 24.6 Å². The van der Waals surface area contributed by atoms with Crippen molar-refractivity contribution >= 4 is 29.1 Å². The molecule has 0 fully saturated rings. The maximum atomic E-state index is 6.01. The molecule has 0 unspecified atom stereocenters. The van der Waals surface area contributed by atoms with Crippen LogP contribution in [0.2, 0.25) is 5.02 Å². The number of hydrogen-bond acceptors (Lipinski definition) is 6. The number of aromatic nitrogens is 5. The van der Waals surface area contributed by atoms with Crippen LogP contribution in [-0.2, 0) is 5.75 Å². The smallest absolute Gasteiger partial charge is 0.253 e. The summed E-state index contributed by atoms with van der Waals surface area (Å²) in [7, 11) is 0. The topological polar surface area (TPSA) is 69.1 Å². The molecule has 0 aliphatic heterocycles. The third-order valence-electron chi connectivity index (χ3n) is 3.57. The molecule has 0 radical (unpaired) electrons. The highest BCUT2D eigenvalue weighted by molar-refractivity contribution is 7.98. The van der Waals surface area contributed by atoms with Crippen molar-refractivity contribution < 1.29 is 4.42 Å². The Balaban J connectivity index is 1.51. The highest BCUT2D eigenvalue weighted by Crippen LogP contribution is 2.25. The summed E-state index contributed by atoms with van der Waals surface area (Å²) in [5.41, 5.74) is 3.60. The number of fused-ring (bicyclic) bond motifs is 1. The van der Waals surface area contributed by atoms with Gasteiger partial charge < -0.3 is 4.42 Å². The number of benzene rings is 1. The molecule has 25 heavy (non-hydrogen) atoms. The van der Waals surface area contributed by atoms with Crippen molar-refractivity contribution in [1.29, 1.82) is 0 Å². The molecule has 0 saturated heterocycles. The monoisotopic (exact) mass is 371 g/mol. The van der Waals surface area contributed by atoms with Gasteiger partial charge in [-0.2, -0.15) is 4.98 Å². The van der Waals surface area contributed by atoms with Crippen LogP contribution in [0.25, 0.3) is 17.2 Å². The van der Waals surface area contributed by atoms with Gasteiger partial charge in [0.2, 0.25) is 11.0 Å². The Bertz CT molecular complexity index is 1060. The Kier molecular flexibility index (Phi) is 4.19. The largest absolute Gasteiger partial charge is 0.444 e. The van der Waals surface area contributed by atoms with Gasteiger partial charge in [-0.1, -0.05) is 29.4 Å². The number of rotatable bonds is 4. The maximum Gasteiger partial charge on any atom is 0.253 e. The van der Waals surface area contributed by atoms with E-state index in [1.165, 1.54) is 11.8 Å². The average Bonchev–Trinajstić information content (AvgIpc) is 3.19. The Morgan fingerprint density at radius 2 is 2.04 bits per heavy atom. The van der Waals surface area contributed by atoms with E-state index in [1.54, 1.807) is 10.8 Å². The molecule has 3 heterocycles. The minimum Gasteiger partial charge on any atom is -0.444 e. The van der Waals surface area contributed by atoms with Gasteiger partial charge in [-0.25, -0.2) is 14.5 Å². The number of halogens is 1. The quantitative estimate of drug-likeness (QED) is 0.497. The molecule has 0 spiro atoms. The standard InChI is InChI=1S/C17H14ClN5OS/c1-10-6-11(2)23-16(19-10)21-17(22-23)25-9-14-8-24-15(20-14)12-4-3-5-13(18)7-12/h3-8H,9H2,1-2H3. The minimum absolute atomic E-state index is 0.550. The van der Waals surface area contributed by atoms with Crippen molar-refractivity contribution in [3.05, 3.63) is 58.7 Å². The molecule has 3 aromatic heterocycles. The molecule has 0 amide bonds. The van der Waals surface area contributed by atoms with Crippen LogP contribution >= 0.6 is 23.4 Å². The van der Waals surface area contributed by atoms with E-state index in [2.05, 4.69) is 20.1 Å². The van der Waals surface area contributed by atoms with Gasteiger partial charge in [-0.05, 0) is 38.1 Å². The van der Waals surface area contributed by atoms with Gasteiger partial charge in [-0.3, -0.25) is 0 Å². The molecule has 4 aromatic rings. The molecule has 0 aliphatic carbocycles. The Morgan fingerprint density at radius 3 is 2.88 bits per heavy atom. The normalized spacial score (nSPS) is 11.3. The van der Waals surface area contributed by atoms with Crippen LogP contribution in [0.5, 0.6) is 0 Å². The first-order chi connectivity index (χ1) is 12.1. The summed E-state index contributed by atoms with van der Waals surface area (Å²) < 4.78 is 7.29. The van der Waals surface area contributed by atoms with E-state index in [9.17, 15) is 0 Å². The number of nitrogens with zero attached hydrogens (tertiary/aromatic N) is 5. The molecule has 6 nitrogen and oxygen atoms in total. The lowest BCUT2D eigenvalue weighted by Crippen LogP contribution is -1.97. The van der Waals surface area contributed by atoms with E-state index in [-0.39, 0.29) is 0 Å². The van der Waals surface area contributed by atoms with Crippen LogP contribution in [-0.4, -0.2) is 24.6 Å². The Hall–Kier alpha value is -2.38. The SMILES string of the molecule is Cc1cc(C)n2nc(SCc3coc(-c4cccc(Cl)c4)n3)nc2n1. The molecule has 1 aromatic carbocycles. The molecular formula is C17H14ClN5OS. The van der Waals surface area contributed by atoms with Crippen molar-refractivity contribution in [2.75, 3.05) is 0 Å². The molecule has 0 N–H and O–H groups in total. The predicted octanol–water partition coefficient (Wildman–Crippen LogP) is 4.34. The van der Waals surface area contributed by atoms with Gasteiger partial charge in [0.25, 0.3) is 5.78 Å². The van der Waals surface area contributed by atoms with Gasteiger partial charge in [-0.15, -0.1) is 5.10 Å². The Morgan fingerprint density at radius 1 is 1.16 bits per heavy atom. The summed E-state index contributed by atoms with van der Waals surface area (Å²) >= 11 is 7.50. The van der Waals surface area contributed by atoms with Crippen LogP contribution < -0.4 is 0 Å². The van der Waals surface area contributed by atoms with Crippen molar-refractivity contribution in [3.63, 3.8) is 0 Å². The fourth-order valence-corrected chi connectivity index (χ4v) is 3.36. The molecule has 0 aliphatic rings. The predicted molar refractivity (Wildman–Crippen MR) is 96.8 cm³/mol. The highest BCUT2D eigenvalue weighted by Gasteiger charge is 2.11. The van der Waals surface area contributed by atoms with E-state index in [4.69, 9.17) is 16.0 Å². The van der Waals surface area contributed by atoms with Gasteiger partial charge >= 0.3 is 0 Å². The first-order valence-corrected chi connectivity index (χ1v) is 8.99. The molecule has 126 valence electrons. The molecule has 0 bridgehead atoms. The lowest BCUT2D eigenvalue weighted by atomic mass is 10.2. The van der Waals surface area contributed by atoms with Crippen molar-refractivity contribution in [2.24, 2.45) is 0 Å². The maximum absolute atomic E-state index is 6.01. The minimum atomic E-state index is 0.550. The van der Waals surface area contributed by atoms with Gasteiger partial charge in [0.1, 0.15) is 6.26 Å². The highest BCUT2D eigenvalue weighted by atomic mass is 35.5. The number of oxazole rings is 1. The van der Waals surface area contributed by atoms with E-state index < -0.39 is 0 Å². The summed E-state index contributed by atoms with van der Waals surface area (Å²) in [6, 6.07) is 9.40. The van der Waals surface area contributed by atoms with Crippen LogP contribution in [0.15, 0.2) is 46.2 Å². The zero-order valence-electron chi connectivity index (χ0n) is 13.6. The Labute approximate surface area is 153 Å². The number of hydrogen-bond donors (Lipinski definition) is 0. The third kappa shape index (κ3) is 3.38. The fraction of sp³-hybridized carbons (Fsp3) is 0.176. The van der Waals surface area contributed by atoms with E-state index in [1.807, 2.05) is 44.2 Å². The molecule has 8 heteroatoms. The second kappa shape index (κ2) is 6.50. The zero-order valence-corrected chi connectivity index (χ0v) is 15.2. The van der Waals surface area contributed by atoms with Crippen molar-refractivity contribution in [3.8, 4) is 11.5 Å². The number of aryl methyl sites for hydroxylation is 2. The molecule has 4 rings (SSSR count). The van der Waals surface area contributed by atoms with Gasteiger partial charge in [0.15, 0.2) is 0 Å². The van der Waals surface area contributed by atoms with E-state index >= 15 is 0 Å². The van der Waals surface area contributed by atoms with E-state index in [0.717, 1.165) is 22.6 Å². The summed E-state index contributed by atoms with van der Waals surface area (Å²) in [6.45, 7) is 3.93. The molecule has 0 saturated carbocycles. The average molecular weight is 372 g/mol. The van der Waals surface area contributed by atoms with Crippen LogP contribution in [0, 0.1) is 13.8 Å². The summed E-state index contributed by atoms with van der Waals surface area (Å²) in [6.07, 6.45) is 1.65. The van der Waals surface area contributed by atoms with Crippen LogP contribution in [0.1, 0.15) is 17.1 Å². The first kappa shape index (κ1) is 16.1. The number of thioether (sulfide) groups is 1.